The molecule has 0 radical (unpaired) electrons. The van der Waals surface area contributed by atoms with E-state index >= 15 is 0 Å². The summed E-state index contributed by atoms with van der Waals surface area (Å²) in [5.74, 6) is 0. The summed E-state index contributed by atoms with van der Waals surface area (Å²) in [4.78, 5) is 16.6. The van der Waals surface area contributed by atoms with Gasteiger partial charge in [-0.05, 0) is 45.9 Å². The lowest BCUT2D eigenvalue weighted by molar-refractivity contribution is -0.0733. The minimum atomic E-state index is -0.270. The first-order chi connectivity index (χ1) is 11.3. The fourth-order valence-corrected chi connectivity index (χ4v) is 2.81. The molecule has 24 heavy (non-hydrogen) atoms. The van der Waals surface area contributed by atoms with Gasteiger partial charge in [-0.1, -0.05) is 24.3 Å². The third-order valence-corrected chi connectivity index (χ3v) is 4.56. The van der Waals surface area contributed by atoms with Gasteiger partial charge >= 0.3 is 6.03 Å². The monoisotopic (exact) mass is 333 g/mol. The van der Waals surface area contributed by atoms with Crippen LogP contribution in [0.5, 0.6) is 0 Å². The highest BCUT2D eigenvalue weighted by molar-refractivity contribution is 5.74. The Balaban J connectivity index is 1.95. The van der Waals surface area contributed by atoms with Crippen molar-refractivity contribution in [3.63, 3.8) is 0 Å². The molecule has 1 aromatic carbocycles. The molecule has 0 bridgehead atoms. The van der Waals surface area contributed by atoms with Crippen LogP contribution in [0, 0.1) is 0 Å². The van der Waals surface area contributed by atoms with Crippen LogP contribution < -0.4 is 5.32 Å². The van der Waals surface area contributed by atoms with E-state index in [1.807, 2.05) is 24.8 Å². The Hall–Kier alpha value is -1.59. The van der Waals surface area contributed by atoms with Crippen LogP contribution in [0.25, 0.3) is 0 Å². The fraction of sp³-hybridized carbons (Fsp3) is 0.632. The number of nitrogens with one attached hydrogen (secondary N) is 1. The summed E-state index contributed by atoms with van der Waals surface area (Å²) in [5, 5.41) is 3.06. The molecule has 5 nitrogen and oxygen atoms in total. The maximum atomic E-state index is 12.4. The van der Waals surface area contributed by atoms with E-state index in [2.05, 4.69) is 49.3 Å². The summed E-state index contributed by atoms with van der Waals surface area (Å²) >= 11 is 0. The zero-order valence-electron chi connectivity index (χ0n) is 15.6. The predicted octanol–water partition coefficient (Wildman–Crippen LogP) is 2.85. The largest absolute Gasteiger partial charge is 0.372 e. The van der Waals surface area contributed by atoms with Crippen molar-refractivity contribution in [3.05, 3.63) is 35.4 Å². The Morgan fingerprint density at radius 1 is 1.33 bits per heavy atom. The van der Waals surface area contributed by atoms with Gasteiger partial charge in [-0.3, -0.25) is 4.90 Å². The van der Waals surface area contributed by atoms with E-state index in [0.29, 0.717) is 32.3 Å². The molecule has 0 aliphatic carbocycles. The smallest absolute Gasteiger partial charge is 0.317 e. The number of hydrogen-bond acceptors (Lipinski definition) is 3. The maximum absolute atomic E-state index is 12.4. The van der Waals surface area contributed by atoms with Gasteiger partial charge in [0.05, 0.1) is 18.8 Å². The lowest BCUT2D eigenvalue weighted by atomic mass is 10.1. The second-order valence-electron chi connectivity index (χ2n) is 7.47. The molecular weight excluding hydrogens is 302 g/mol. The molecular formula is C19H31N3O2. The number of hydrogen-bond donors (Lipinski definition) is 1. The van der Waals surface area contributed by atoms with Crippen LogP contribution in [0.15, 0.2) is 24.3 Å². The van der Waals surface area contributed by atoms with Gasteiger partial charge in [0.1, 0.15) is 0 Å². The van der Waals surface area contributed by atoms with Gasteiger partial charge in [0.2, 0.25) is 0 Å². The Kier molecular flexibility index (Phi) is 6.24. The zero-order valence-corrected chi connectivity index (χ0v) is 15.6. The molecule has 2 rings (SSSR count). The fourth-order valence-electron chi connectivity index (χ4n) is 2.81. The van der Waals surface area contributed by atoms with Crippen LogP contribution in [-0.2, 0) is 17.8 Å². The highest BCUT2D eigenvalue weighted by atomic mass is 16.5. The standard InChI is InChI=1S/C19H31N3O2/c1-15(2)21(5)13-17-9-7-6-8-16(17)12-20-18(23)22-10-11-24-19(3,4)14-22/h6-9,15H,10-14H2,1-5H3,(H,20,23). The van der Waals surface area contributed by atoms with E-state index in [1.54, 1.807) is 0 Å². The Morgan fingerprint density at radius 2 is 2.00 bits per heavy atom. The molecule has 0 saturated carbocycles. The van der Waals surface area contributed by atoms with Crippen LogP contribution in [0.1, 0.15) is 38.8 Å². The van der Waals surface area contributed by atoms with Crippen molar-refractivity contribution >= 4 is 6.03 Å². The number of rotatable bonds is 5. The van der Waals surface area contributed by atoms with Gasteiger partial charge in [-0.2, -0.15) is 0 Å². The van der Waals surface area contributed by atoms with Crippen molar-refractivity contribution in [2.75, 3.05) is 26.7 Å². The van der Waals surface area contributed by atoms with Crippen LogP contribution in [0.3, 0.4) is 0 Å². The van der Waals surface area contributed by atoms with Crippen molar-refractivity contribution in [1.29, 1.82) is 0 Å². The maximum Gasteiger partial charge on any atom is 0.317 e. The van der Waals surface area contributed by atoms with Gasteiger partial charge in [0, 0.05) is 25.7 Å². The summed E-state index contributed by atoms with van der Waals surface area (Å²) in [6, 6.07) is 8.78. The molecule has 1 aromatic rings. The molecule has 1 saturated heterocycles. The van der Waals surface area contributed by atoms with Crippen LogP contribution in [0.2, 0.25) is 0 Å². The van der Waals surface area contributed by atoms with Crippen molar-refractivity contribution in [2.45, 2.75) is 52.4 Å². The molecule has 2 amide bonds. The molecule has 1 heterocycles. The van der Waals surface area contributed by atoms with Gasteiger partial charge in [-0.25, -0.2) is 4.79 Å². The average molecular weight is 333 g/mol. The SMILES string of the molecule is CC(C)N(C)Cc1ccccc1CNC(=O)N1CCOC(C)(C)C1. The van der Waals surface area contributed by atoms with Gasteiger partial charge in [0.25, 0.3) is 0 Å². The summed E-state index contributed by atoms with van der Waals surface area (Å²) in [7, 11) is 2.12. The molecule has 1 N–H and O–H groups in total. The quantitative estimate of drug-likeness (QED) is 0.901. The van der Waals surface area contributed by atoms with Crippen LogP contribution in [0.4, 0.5) is 4.79 Å². The Labute approximate surface area is 146 Å². The van der Waals surface area contributed by atoms with Crippen molar-refractivity contribution in [1.82, 2.24) is 15.1 Å². The summed E-state index contributed by atoms with van der Waals surface area (Å²) in [5.41, 5.74) is 2.16. The highest BCUT2D eigenvalue weighted by Crippen LogP contribution is 2.17. The molecule has 1 fully saturated rings. The van der Waals surface area contributed by atoms with Gasteiger partial charge < -0.3 is 15.0 Å². The summed E-state index contributed by atoms with van der Waals surface area (Å²) in [6.07, 6.45) is 0. The van der Waals surface area contributed by atoms with Gasteiger partial charge in [-0.15, -0.1) is 0 Å². The normalized spacial score (nSPS) is 17.4. The first kappa shape index (κ1) is 18.7. The predicted molar refractivity (Wildman–Crippen MR) is 96.9 cm³/mol. The minimum Gasteiger partial charge on any atom is -0.372 e. The number of ether oxygens (including phenoxy) is 1. The summed E-state index contributed by atoms with van der Waals surface area (Å²) < 4.78 is 5.67. The summed E-state index contributed by atoms with van der Waals surface area (Å²) in [6.45, 7) is 11.7. The van der Waals surface area contributed by atoms with Crippen molar-refractivity contribution in [2.24, 2.45) is 0 Å². The molecule has 1 aliphatic heterocycles. The highest BCUT2D eigenvalue weighted by Gasteiger charge is 2.29. The first-order valence-electron chi connectivity index (χ1n) is 8.72. The number of benzene rings is 1. The second-order valence-corrected chi connectivity index (χ2v) is 7.47. The van der Waals surface area contributed by atoms with Crippen molar-refractivity contribution < 1.29 is 9.53 Å². The number of carbonyl (C=O) groups excluding carboxylic acids is 1. The molecule has 134 valence electrons. The van der Waals surface area contributed by atoms with Crippen LogP contribution in [-0.4, -0.2) is 54.2 Å². The second kappa shape index (κ2) is 7.99. The lowest BCUT2D eigenvalue weighted by Crippen LogP contribution is -2.53. The molecule has 0 spiro atoms. The Bertz CT molecular complexity index is 557. The first-order valence-corrected chi connectivity index (χ1v) is 8.72. The third kappa shape index (κ3) is 5.21. The third-order valence-electron chi connectivity index (χ3n) is 4.56. The average Bonchev–Trinajstić information content (AvgIpc) is 2.52. The lowest BCUT2D eigenvalue weighted by Gasteiger charge is -2.38. The zero-order chi connectivity index (χ0) is 17.7. The molecule has 0 aromatic heterocycles. The minimum absolute atomic E-state index is 0.0154. The van der Waals surface area contributed by atoms with E-state index in [1.165, 1.54) is 11.1 Å². The van der Waals surface area contributed by atoms with E-state index in [-0.39, 0.29) is 11.6 Å². The van der Waals surface area contributed by atoms with Crippen LogP contribution >= 0.6 is 0 Å². The molecule has 5 heteroatoms. The molecule has 1 aliphatic rings. The number of morpholine rings is 1. The van der Waals surface area contributed by atoms with Gasteiger partial charge in [0.15, 0.2) is 0 Å². The number of carbonyl (C=O) groups is 1. The van der Waals surface area contributed by atoms with E-state index < -0.39 is 0 Å². The number of nitrogens with zero attached hydrogens (tertiary/aromatic N) is 2. The number of amides is 2. The number of urea groups is 1. The van der Waals surface area contributed by atoms with E-state index in [4.69, 9.17) is 4.74 Å². The van der Waals surface area contributed by atoms with Crippen molar-refractivity contribution in [3.8, 4) is 0 Å². The van der Waals surface area contributed by atoms with E-state index in [0.717, 1.165) is 6.54 Å². The molecule has 0 unspecified atom stereocenters. The topological polar surface area (TPSA) is 44.8 Å². The molecule has 0 atom stereocenters. The van der Waals surface area contributed by atoms with E-state index in [9.17, 15) is 4.79 Å². The Morgan fingerprint density at radius 3 is 2.62 bits per heavy atom.